The Bertz CT molecular complexity index is 566. The lowest BCUT2D eigenvalue weighted by Crippen LogP contribution is -2.00. The van der Waals surface area contributed by atoms with Gasteiger partial charge in [-0.15, -0.1) is 0 Å². The number of benzene rings is 1. The average Bonchev–Trinajstić information content (AvgIpc) is 2.94. The second kappa shape index (κ2) is 6.43. The van der Waals surface area contributed by atoms with Gasteiger partial charge in [0.05, 0.1) is 20.4 Å². The van der Waals surface area contributed by atoms with Gasteiger partial charge in [0.25, 0.3) is 0 Å². The molecule has 0 fully saturated rings. The molecule has 1 N–H and O–H groups in total. The topological polar surface area (TPSA) is 56.5 Å². The number of hydrogen-bond donors (Lipinski definition) is 1. The zero-order valence-corrected chi connectivity index (χ0v) is 12.0. The van der Waals surface area contributed by atoms with Crippen molar-refractivity contribution in [2.24, 2.45) is 0 Å². The van der Waals surface area contributed by atoms with Gasteiger partial charge in [0.15, 0.2) is 11.5 Å². The summed E-state index contributed by atoms with van der Waals surface area (Å²) in [6.07, 6.45) is 3.84. The molecule has 0 amide bonds. The predicted molar refractivity (Wildman–Crippen MR) is 76.1 cm³/mol. The number of methoxy groups -OCH3 is 2. The fourth-order valence-electron chi connectivity index (χ4n) is 2.09. The van der Waals surface area contributed by atoms with Crippen molar-refractivity contribution < 1.29 is 14.6 Å². The van der Waals surface area contributed by atoms with Crippen molar-refractivity contribution >= 4 is 0 Å². The van der Waals surface area contributed by atoms with E-state index in [0.717, 1.165) is 24.1 Å². The van der Waals surface area contributed by atoms with Crippen molar-refractivity contribution in [3.63, 3.8) is 0 Å². The molecule has 20 heavy (non-hydrogen) atoms. The summed E-state index contributed by atoms with van der Waals surface area (Å²) in [6, 6.07) is 5.39. The van der Waals surface area contributed by atoms with Crippen LogP contribution in [0.2, 0.25) is 0 Å². The molecular formula is C15H20N2O3. The van der Waals surface area contributed by atoms with E-state index in [1.807, 2.05) is 16.9 Å². The van der Waals surface area contributed by atoms with Gasteiger partial charge in [-0.25, -0.2) is 0 Å². The molecule has 0 saturated carbocycles. The zero-order chi connectivity index (χ0) is 14.5. The summed E-state index contributed by atoms with van der Waals surface area (Å²) in [6.45, 7) is 2.94. The second-order valence-corrected chi connectivity index (χ2v) is 4.55. The fourth-order valence-corrected chi connectivity index (χ4v) is 2.09. The molecule has 0 spiro atoms. The monoisotopic (exact) mass is 276 g/mol. The first kappa shape index (κ1) is 14.4. The summed E-state index contributed by atoms with van der Waals surface area (Å²) >= 11 is 0. The third-order valence-corrected chi connectivity index (χ3v) is 3.14. The summed E-state index contributed by atoms with van der Waals surface area (Å²) in [5.41, 5.74) is 1.52. The minimum Gasteiger partial charge on any atom is -0.493 e. The molecule has 5 heteroatoms. The maximum atomic E-state index is 10.4. The Balaban J connectivity index is 2.25. The summed E-state index contributed by atoms with van der Waals surface area (Å²) in [5, 5.41) is 14.6. The molecule has 1 aromatic carbocycles. The van der Waals surface area contributed by atoms with Gasteiger partial charge < -0.3 is 14.6 Å². The maximum absolute atomic E-state index is 10.4. The molecule has 1 unspecified atom stereocenters. The third kappa shape index (κ3) is 2.93. The zero-order valence-electron chi connectivity index (χ0n) is 12.0. The number of hydrogen-bond acceptors (Lipinski definition) is 4. The Kier molecular flexibility index (Phi) is 4.63. The number of aliphatic hydroxyl groups excluding tert-OH is 1. The van der Waals surface area contributed by atoms with Gasteiger partial charge >= 0.3 is 0 Å². The van der Waals surface area contributed by atoms with Crippen LogP contribution in [0.3, 0.4) is 0 Å². The third-order valence-electron chi connectivity index (χ3n) is 3.14. The van der Waals surface area contributed by atoms with E-state index in [2.05, 4.69) is 12.0 Å². The highest BCUT2D eigenvalue weighted by Crippen LogP contribution is 2.31. The first-order chi connectivity index (χ1) is 9.69. The highest BCUT2D eigenvalue weighted by atomic mass is 16.5. The number of nitrogens with zero attached hydrogens (tertiary/aromatic N) is 2. The van der Waals surface area contributed by atoms with Gasteiger partial charge in [0.1, 0.15) is 6.10 Å². The number of ether oxygens (including phenoxy) is 2. The number of rotatable bonds is 6. The van der Waals surface area contributed by atoms with Crippen molar-refractivity contribution in [1.82, 2.24) is 9.78 Å². The maximum Gasteiger partial charge on any atom is 0.161 e. The molecule has 2 rings (SSSR count). The molecule has 0 radical (unpaired) electrons. The van der Waals surface area contributed by atoms with Crippen LogP contribution in [0, 0.1) is 0 Å². The summed E-state index contributed by atoms with van der Waals surface area (Å²) in [4.78, 5) is 0. The molecule has 1 heterocycles. The van der Waals surface area contributed by atoms with Crippen molar-refractivity contribution in [1.29, 1.82) is 0 Å². The van der Waals surface area contributed by atoms with E-state index in [4.69, 9.17) is 9.47 Å². The van der Waals surface area contributed by atoms with Crippen LogP contribution in [-0.4, -0.2) is 29.1 Å². The molecule has 0 aliphatic heterocycles. The Morgan fingerprint density at radius 1 is 1.20 bits per heavy atom. The lowest BCUT2D eigenvalue weighted by Gasteiger charge is -2.13. The van der Waals surface area contributed by atoms with Crippen LogP contribution < -0.4 is 9.47 Å². The van der Waals surface area contributed by atoms with Crippen LogP contribution in [0.5, 0.6) is 11.5 Å². The Morgan fingerprint density at radius 3 is 2.60 bits per heavy atom. The van der Waals surface area contributed by atoms with Crippen molar-refractivity contribution in [2.45, 2.75) is 26.0 Å². The number of aromatic nitrogens is 2. The van der Waals surface area contributed by atoms with Gasteiger partial charge in [0.2, 0.25) is 0 Å². The van der Waals surface area contributed by atoms with Crippen LogP contribution in [0.15, 0.2) is 30.6 Å². The predicted octanol–water partition coefficient (Wildman–Crippen LogP) is 2.39. The standard InChI is InChI=1S/C15H20N2O3/c1-4-7-17-10-12(9-16-17)15(18)11-5-6-13(19-2)14(8-11)20-3/h5-6,8-10,15,18H,4,7H2,1-3H3. The minimum absolute atomic E-state index is 0.602. The largest absolute Gasteiger partial charge is 0.493 e. The molecule has 5 nitrogen and oxygen atoms in total. The van der Waals surface area contributed by atoms with Gasteiger partial charge in [-0.2, -0.15) is 5.10 Å². The van der Waals surface area contributed by atoms with E-state index in [1.165, 1.54) is 0 Å². The molecule has 0 bridgehead atoms. The van der Waals surface area contributed by atoms with Crippen LogP contribution in [0.4, 0.5) is 0 Å². The van der Waals surface area contributed by atoms with E-state index in [9.17, 15) is 5.11 Å². The molecule has 2 aromatic rings. The quantitative estimate of drug-likeness (QED) is 0.880. The molecule has 0 aliphatic rings. The number of aryl methyl sites for hydroxylation is 1. The Morgan fingerprint density at radius 2 is 1.95 bits per heavy atom. The SMILES string of the molecule is CCCn1cc(C(O)c2ccc(OC)c(OC)c2)cn1. The van der Waals surface area contributed by atoms with Gasteiger partial charge in [-0.3, -0.25) is 4.68 Å². The molecule has 0 saturated heterocycles. The Hall–Kier alpha value is -2.01. The van der Waals surface area contributed by atoms with Crippen molar-refractivity contribution in [2.75, 3.05) is 14.2 Å². The fraction of sp³-hybridized carbons (Fsp3) is 0.400. The van der Waals surface area contributed by atoms with Crippen molar-refractivity contribution in [3.05, 3.63) is 41.7 Å². The highest BCUT2D eigenvalue weighted by molar-refractivity contribution is 5.44. The van der Waals surface area contributed by atoms with Gasteiger partial charge in [0, 0.05) is 18.3 Å². The Labute approximate surface area is 118 Å². The highest BCUT2D eigenvalue weighted by Gasteiger charge is 2.15. The average molecular weight is 276 g/mol. The van der Waals surface area contributed by atoms with Crippen LogP contribution >= 0.6 is 0 Å². The van der Waals surface area contributed by atoms with E-state index in [1.54, 1.807) is 32.5 Å². The first-order valence-electron chi connectivity index (χ1n) is 6.62. The van der Waals surface area contributed by atoms with E-state index in [-0.39, 0.29) is 0 Å². The lowest BCUT2D eigenvalue weighted by molar-refractivity contribution is 0.219. The molecule has 0 aliphatic carbocycles. The second-order valence-electron chi connectivity index (χ2n) is 4.55. The van der Waals surface area contributed by atoms with Crippen LogP contribution in [-0.2, 0) is 6.54 Å². The summed E-state index contributed by atoms with van der Waals surface area (Å²) in [5.74, 6) is 1.25. The van der Waals surface area contributed by atoms with Crippen LogP contribution in [0.25, 0.3) is 0 Å². The van der Waals surface area contributed by atoms with E-state index >= 15 is 0 Å². The normalized spacial score (nSPS) is 12.2. The molecule has 1 atom stereocenters. The number of aliphatic hydroxyl groups is 1. The molecular weight excluding hydrogens is 256 g/mol. The summed E-state index contributed by atoms with van der Waals surface area (Å²) < 4.78 is 12.3. The van der Waals surface area contributed by atoms with Crippen molar-refractivity contribution in [3.8, 4) is 11.5 Å². The lowest BCUT2D eigenvalue weighted by atomic mass is 10.0. The van der Waals surface area contributed by atoms with Gasteiger partial charge in [-0.05, 0) is 24.1 Å². The molecule has 108 valence electrons. The molecule has 1 aromatic heterocycles. The minimum atomic E-state index is -0.722. The summed E-state index contributed by atoms with van der Waals surface area (Å²) in [7, 11) is 3.16. The van der Waals surface area contributed by atoms with Crippen LogP contribution in [0.1, 0.15) is 30.6 Å². The van der Waals surface area contributed by atoms with Gasteiger partial charge in [-0.1, -0.05) is 13.0 Å². The first-order valence-corrected chi connectivity index (χ1v) is 6.62. The van der Waals surface area contributed by atoms with E-state index in [0.29, 0.717) is 11.5 Å². The van der Waals surface area contributed by atoms with E-state index < -0.39 is 6.10 Å². The smallest absolute Gasteiger partial charge is 0.161 e.